The maximum Gasteiger partial charge on any atom is 0.270 e. The third-order valence-corrected chi connectivity index (χ3v) is 2.91. The van der Waals surface area contributed by atoms with Gasteiger partial charge in [0, 0.05) is 24.0 Å². The van der Waals surface area contributed by atoms with E-state index >= 15 is 0 Å². The van der Waals surface area contributed by atoms with Crippen LogP contribution in [0, 0.1) is 11.3 Å². The Morgan fingerprint density at radius 1 is 1.26 bits per heavy atom. The standard InChI is InChI=1S/C17H14N4O2/c1-2-7-20-17(23)15-10-13(6-8-19-15)16(22)21-14-5-3-4-12(9-14)11-18/h2-6,8-10H,1,7H2,(H,20,23)(H,21,22). The van der Waals surface area contributed by atoms with Crippen LogP contribution in [-0.4, -0.2) is 23.3 Å². The Kier molecular flexibility index (Phi) is 5.21. The second-order valence-electron chi connectivity index (χ2n) is 4.58. The number of hydrogen-bond donors (Lipinski definition) is 2. The summed E-state index contributed by atoms with van der Waals surface area (Å²) in [4.78, 5) is 28.0. The van der Waals surface area contributed by atoms with Gasteiger partial charge in [-0.05, 0) is 30.3 Å². The molecule has 2 aromatic rings. The van der Waals surface area contributed by atoms with E-state index < -0.39 is 0 Å². The fourth-order valence-corrected chi connectivity index (χ4v) is 1.82. The number of nitriles is 1. The van der Waals surface area contributed by atoms with Crippen LogP contribution in [0.3, 0.4) is 0 Å². The summed E-state index contributed by atoms with van der Waals surface area (Å²) in [6.07, 6.45) is 2.94. The molecule has 0 spiro atoms. The summed E-state index contributed by atoms with van der Waals surface area (Å²) in [6.45, 7) is 3.83. The third-order valence-electron chi connectivity index (χ3n) is 2.91. The average Bonchev–Trinajstić information content (AvgIpc) is 2.59. The van der Waals surface area contributed by atoms with Gasteiger partial charge in [-0.1, -0.05) is 12.1 Å². The number of anilines is 1. The second-order valence-corrected chi connectivity index (χ2v) is 4.58. The van der Waals surface area contributed by atoms with Crippen LogP contribution in [0.2, 0.25) is 0 Å². The van der Waals surface area contributed by atoms with E-state index in [1.54, 1.807) is 30.3 Å². The summed E-state index contributed by atoms with van der Waals surface area (Å²) in [5.41, 5.74) is 1.39. The molecule has 6 heteroatoms. The lowest BCUT2D eigenvalue weighted by Gasteiger charge is -2.07. The van der Waals surface area contributed by atoms with E-state index in [0.29, 0.717) is 23.4 Å². The zero-order valence-electron chi connectivity index (χ0n) is 12.2. The molecule has 0 atom stereocenters. The predicted molar refractivity (Wildman–Crippen MR) is 85.9 cm³/mol. The third kappa shape index (κ3) is 4.25. The quantitative estimate of drug-likeness (QED) is 0.827. The fourth-order valence-electron chi connectivity index (χ4n) is 1.82. The average molecular weight is 306 g/mol. The minimum absolute atomic E-state index is 0.144. The topological polar surface area (TPSA) is 94.9 Å². The summed E-state index contributed by atoms with van der Waals surface area (Å²) in [6, 6.07) is 11.5. The molecule has 0 unspecified atom stereocenters. The van der Waals surface area contributed by atoms with Gasteiger partial charge in [-0.3, -0.25) is 14.6 Å². The summed E-state index contributed by atoms with van der Waals surface area (Å²) in [7, 11) is 0. The Hall–Kier alpha value is -3.46. The number of carbonyl (C=O) groups is 2. The van der Waals surface area contributed by atoms with Crippen LogP contribution in [0.1, 0.15) is 26.4 Å². The summed E-state index contributed by atoms with van der Waals surface area (Å²) in [5.74, 6) is -0.772. The number of aromatic nitrogens is 1. The molecule has 0 aliphatic heterocycles. The highest BCUT2D eigenvalue weighted by molar-refractivity contribution is 6.05. The molecule has 1 aromatic carbocycles. The van der Waals surface area contributed by atoms with Crippen molar-refractivity contribution in [2.24, 2.45) is 0 Å². The van der Waals surface area contributed by atoms with E-state index in [9.17, 15) is 9.59 Å². The van der Waals surface area contributed by atoms with Gasteiger partial charge in [0.1, 0.15) is 5.69 Å². The highest BCUT2D eigenvalue weighted by Crippen LogP contribution is 2.12. The normalized spacial score (nSPS) is 9.52. The molecule has 1 aromatic heterocycles. The van der Waals surface area contributed by atoms with Gasteiger partial charge >= 0.3 is 0 Å². The smallest absolute Gasteiger partial charge is 0.270 e. The van der Waals surface area contributed by atoms with Crippen LogP contribution in [0.5, 0.6) is 0 Å². The van der Waals surface area contributed by atoms with Crippen molar-refractivity contribution in [3.63, 3.8) is 0 Å². The molecular weight excluding hydrogens is 292 g/mol. The van der Waals surface area contributed by atoms with E-state index in [-0.39, 0.29) is 17.5 Å². The Morgan fingerprint density at radius 3 is 2.83 bits per heavy atom. The molecule has 2 rings (SSSR count). The molecule has 114 valence electrons. The van der Waals surface area contributed by atoms with Gasteiger partial charge in [0.15, 0.2) is 0 Å². The van der Waals surface area contributed by atoms with Crippen molar-refractivity contribution < 1.29 is 9.59 Å². The van der Waals surface area contributed by atoms with Gasteiger partial charge in [0.2, 0.25) is 0 Å². The Balaban J connectivity index is 2.14. The number of pyridine rings is 1. The number of nitrogens with zero attached hydrogens (tertiary/aromatic N) is 2. The lowest BCUT2D eigenvalue weighted by atomic mass is 10.2. The first-order valence-corrected chi connectivity index (χ1v) is 6.80. The predicted octanol–water partition coefficient (Wildman–Crippen LogP) is 2.12. The number of hydrogen-bond acceptors (Lipinski definition) is 4. The molecule has 0 aliphatic rings. The molecule has 0 bridgehead atoms. The first-order valence-electron chi connectivity index (χ1n) is 6.80. The van der Waals surface area contributed by atoms with Crippen LogP contribution >= 0.6 is 0 Å². The highest BCUT2D eigenvalue weighted by Gasteiger charge is 2.11. The van der Waals surface area contributed by atoms with Crippen LogP contribution in [-0.2, 0) is 0 Å². The summed E-state index contributed by atoms with van der Waals surface area (Å²) in [5, 5.41) is 14.1. The largest absolute Gasteiger partial charge is 0.347 e. The Labute approximate surface area is 133 Å². The van der Waals surface area contributed by atoms with Crippen molar-refractivity contribution >= 4 is 17.5 Å². The number of amides is 2. The van der Waals surface area contributed by atoms with Crippen molar-refractivity contribution in [3.8, 4) is 6.07 Å². The zero-order valence-corrected chi connectivity index (χ0v) is 12.2. The van der Waals surface area contributed by atoms with Gasteiger partial charge in [-0.2, -0.15) is 5.26 Å². The van der Waals surface area contributed by atoms with Crippen molar-refractivity contribution in [2.75, 3.05) is 11.9 Å². The summed E-state index contributed by atoms with van der Waals surface area (Å²) >= 11 is 0. The van der Waals surface area contributed by atoms with Crippen LogP contribution in [0.25, 0.3) is 0 Å². The monoisotopic (exact) mass is 306 g/mol. The summed E-state index contributed by atoms with van der Waals surface area (Å²) < 4.78 is 0. The molecule has 2 amide bonds. The molecule has 23 heavy (non-hydrogen) atoms. The van der Waals surface area contributed by atoms with E-state index in [4.69, 9.17) is 5.26 Å². The van der Waals surface area contributed by atoms with E-state index in [1.165, 1.54) is 18.3 Å². The van der Waals surface area contributed by atoms with Gasteiger partial charge in [0.25, 0.3) is 11.8 Å². The molecule has 0 saturated carbocycles. The maximum absolute atomic E-state index is 12.2. The fraction of sp³-hybridized carbons (Fsp3) is 0.0588. The van der Waals surface area contributed by atoms with E-state index in [2.05, 4.69) is 22.2 Å². The molecular formula is C17H14N4O2. The van der Waals surface area contributed by atoms with Gasteiger partial charge < -0.3 is 10.6 Å². The van der Waals surface area contributed by atoms with Crippen LogP contribution in [0.4, 0.5) is 5.69 Å². The highest BCUT2D eigenvalue weighted by atomic mass is 16.2. The van der Waals surface area contributed by atoms with E-state index in [0.717, 1.165) is 0 Å². The Morgan fingerprint density at radius 2 is 2.09 bits per heavy atom. The lowest BCUT2D eigenvalue weighted by molar-refractivity contribution is 0.0953. The van der Waals surface area contributed by atoms with Gasteiger partial charge in [-0.15, -0.1) is 6.58 Å². The van der Waals surface area contributed by atoms with Gasteiger partial charge in [-0.25, -0.2) is 0 Å². The first kappa shape index (κ1) is 15.9. The van der Waals surface area contributed by atoms with Crippen molar-refractivity contribution in [1.29, 1.82) is 5.26 Å². The molecule has 0 fully saturated rings. The molecule has 6 nitrogen and oxygen atoms in total. The van der Waals surface area contributed by atoms with Crippen molar-refractivity contribution in [1.82, 2.24) is 10.3 Å². The maximum atomic E-state index is 12.2. The molecule has 2 N–H and O–H groups in total. The van der Waals surface area contributed by atoms with Gasteiger partial charge in [0.05, 0.1) is 11.6 Å². The molecule has 1 heterocycles. The molecule has 0 aliphatic carbocycles. The zero-order chi connectivity index (χ0) is 16.7. The molecule has 0 saturated heterocycles. The van der Waals surface area contributed by atoms with Crippen molar-refractivity contribution in [2.45, 2.75) is 0 Å². The number of carbonyl (C=O) groups excluding carboxylic acids is 2. The first-order chi connectivity index (χ1) is 11.1. The number of benzene rings is 1. The van der Waals surface area contributed by atoms with Crippen LogP contribution in [0.15, 0.2) is 55.3 Å². The number of nitrogens with one attached hydrogen (secondary N) is 2. The Bertz CT molecular complexity index is 793. The SMILES string of the molecule is C=CCNC(=O)c1cc(C(=O)Nc2cccc(C#N)c2)ccn1. The minimum Gasteiger partial charge on any atom is -0.347 e. The molecule has 0 radical (unpaired) electrons. The number of rotatable bonds is 5. The van der Waals surface area contributed by atoms with Crippen molar-refractivity contribution in [3.05, 3.63) is 72.1 Å². The lowest BCUT2D eigenvalue weighted by Crippen LogP contribution is -2.24. The van der Waals surface area contributed by atoms with E-state index in [1.807, 2.05) is 6.07 Å². The van der Waals surface area contributed by atoms with Crippen LogP contribution < -0.4 is 10.6 Å². The minimum atomic E-state index is -0.389. The second kappa shape index (κ2) is 7.52.